The van der Waals surface area contributed by atoms with Crippen LogP contribution in [0.1, 0.15) is 32.4 Å². The number of carbonyl (C=O) groups excluding carboxylic acids is 1. The molecule has 2 aromatic carbocycles. The highest BCUT2D eigenvalue weighted by Gasteiger charge is 2.26. The maximum atomic E-state index is 12.2. The number of carbonyl (C=O) groups is 1. The number of benzene rings is 2. The number of halogens is 1. The zero-order chi connectivity index (χ0) is 16.9. The van der Waals surface area contributed by atoms with Crippen LogP contribution in [0.4, 0.5) is 5.69 Å². The zero-order valence-corrected chi connectivity index (χ0v) is 15.4. The van der Waals surface area contributed by atoms with Crippen LogP contribution in [0.3, 0.4) is 0 Å². The third-order valence-corrected chi connectivity index (χ3v) is 4.31. The Hall–Kier alpha value is -1.65. The molecule has 23 heavy (non-hydrogen) atoms. The molecule has 0 aromatic heterocycles. The molecule has 0 radical (unpaired) electrons. The summed E-state index contributed by atoms with van der Waals surface area (Å²) in [6.07, 6.45) is 0. The van der Waals surface area contributed by atoms with Gasteiger partial charge in [-0.05, 0) is 39.0 Å². The van der Waals surface area contributed by atoms with Crippen molar-refractivity contribution in [1.82, 2.24) is 5.32 Å². The van der Waals surface area contributed by atoms with Gasteiger partial charge < -0.3 is 10.6 Å². The summed E-state index contributed by atoms with van der Waals surface area (Å²) in [5.41, 5.74) is 1.98. The molecule has 0 saturated carbocycles. The maximum Gasteiger partial charge on any atom is 0.238 e. The minimum Gasteiger partial charge on any atom is -0.324 e. The monoisotopic (exact) mass is 374 g/mol. The Morgan fingerprint density at radius 2 is 1.65 bits per heavy atom. The van der Waals surface area contributed by atoms with E-state index >= 15 is 0 Å². The molecule has 1 atom stereocenters. The Morgan fingerprint density at radius 1 is 1.04 bits per heavy atom. The molecule has 0 fully saturated rings. The van der Waals surface area contributed by atoms with Crippen LogP contribution in [0.25, 0.3) is 0 Å². The molecule has 2 aromatic rings. The summed E-state index contributed by atoms with van der Waals surface area (Å²) < 4.78 is 0.879. The van der Waals surface area contributed by atoms with Crippen molar-refractivity contribution in [2.24, 2.45) is 5.41 Å². The lowest BCUT2D eigenvalue weighted by Crippen LogP contribution is -2.37. The van der Waals surface area contributed by atoms with E-state index in [9.17, 15) is 4.79 Å². The molecule has 1 amide bonds. The third-order valence-electron chi connectivity index (χ3n) is 3.61. The number of amides is 1. The van der Waals surface area contributed by atoms with Crippen molar-refractivity contribution in [1.29, 1.82) is 0 Å². The highest BCUT2D eigenvalue weighted by atomic mass is 79.9. The van der Waals surface area contributed by atoms with E-state index < -0.39 is 0 Å². The first-order valence-electron chi connectivity index (χ1n) is 7.70. The first-order chi connectivity index (χ1) is 10.9. The average Bonchev–Trinajstić information content (AvgIpc) is 2.49. The standard InChI is InChI=1S/C19H23BrN2O/c1-19(2,3)18(14-9-5-4-6-10-14)21-13-17(23)22-16-12-8-7-11-15(16)20/h4-12,18,21H,13H2,1-3H3,(H,22,23). The molecule has 122 valence electrons. The number of anilines is 1. The average molecular weight is 375 g/mol. The molecular formula is C19H23BrN2O. The molecule has 1 unspecified atom stereocenters. The summed E-state index contributed by atoms with van der Waals surface area (Å²) in [4.78, 5) is 12.2. The number of hydrogen-bond acceptors (Lipinski definition) is 2. The van der Waals surface area contributed by atoms with Gasteiger partial charge in [0.2, 0.25) is 5.91 Å². The molecule has 2 rings (SSSR count). The van der Waals surface area contributed by atoms with E-state index in [0.29, 0.717) is 0 Å². The summed E-state index contributed by atoms with van der Waals surface area (Å²) in [5.74, 6) is -0.0536. The van der Waals surface area contributed by atoms with E-state index in [1.807, 2.05) is 42.5 Å². The second-order valence-electron chi connectivity index (χ2n) is 6.62. The second kappa shape index (κ2) is 7.75. The van der Waals surface area contributed by atoms with Gasteiger partial charge in [-0.25, -0.2) is 0 Å². The molecule has 4 heteroatoms. The van der Waals surface area contributed by atoms with Gasteiger partial charge in [-0.15, -0.1) is 0 Å². The van der Waals surface area contributed by atoms with Crippen molar-refractivity contribution in [3.8, 4) is 0 Å². The van der Waals surface area contributed by atoms with Gasteiger partial charge in [0.1, 0.15) is 0 Å². The smallest absolute Gasteiger partial charge is 0.238 e. The van der Waals surface area contributed by atoms with Crippen molar-refractivity contribution >= 4 is 27.5 Å². The van der Waals surface area contributed by atoms with Gasteiger partial charge in [0.05, 0.1) is 12.2 Å². The van der Waals surface area contributed by atoms with E-state index in [2.05, 4.69) is 59.5 Å². The molecule has 0 aliphatic heterocycles. The largest absolute Gasteiger partial charge is 0.324 e. The van der Waals surface area contributed by atoms with Gasteiger partial charge in [0.25, 0.3) is 0 Å². The molecule has 0 saturated heterocycles. The van der Waals surface area contributed by atoms with Gasteiger partial charge in [-0.1, -0.05) is 63.2 Å². The molecule has 0 aliphatic carbocycles. The summed E-state index contributed by atoms with van der Waals surface area (Å²) in [7, 11) is 0. The predicted molar refractivity (Wildman–Crippen MR) is 99.4 cm³/mol. The van der Waals surface area contributed by atoms with E-state index in [1.165, 1.54) is 5.56 Å². The topological polar surface area (TPSA) is 41.1 Å². The highest BCUT2D eigenvalue weighted by Crippen LogP contribution is 2.32. The Kier molecular flexibility index (Phi) is 5.97. The Bertz CT molecular complexity index is 650. The maximum absolute atomic E-state index is 12.2. The summed E-state index contributed by atoms with van der Waals surface area (Å²) in [6.45, 7) is 6.77. The van der Waals surface area contributed by atoms with Gasteiger partial charge in [-0.3, -0.25) is 4.79 Å². The first kappa shape index (κ1) is 17.7. The number of para-hydroxylation sites is 1. The van der Waals surface area contributed by atoms with Crippen molar-refractivity contribution in [2.45, 2.75) is 26.8 Å². The van der Waals surface area contributed by atoms with Crippen LogP contribution >= 0.6 is 15.9 Å². The summed E-state index contributed by atoms with van der Waals surface area (Å²) in [6, 6.07) is 17.9. The Labute approximate surface area is 146 Å². The third kappa shape index (κ3) is 5.19. The highest BCUT2D eigenvalue weighted by molar-refractivity contribution is 9.10. The fraction of sp³-hybridized carbons (Fsp3) is 0.316. The van der Waals surface area contributed by atoms with Gasteiger partial charge in [0, 0.05) is 10.5 Å². The first-order valence-corrected chi connectivity index (χ1v) is 8.50. The van der Waals surface area contributed by atoms with Crippen LogP contribution in [0.5, 0.6) is 0 Å². The molecule has 0 heterocycles. The lowest BCUT2D eigenvalue weighted by Gasteiger charge is -2.32. The van der Waals surface area contributed by atoms with Gasteiger partial charge in [-0.2, -0.15) is 0 Å². The second-order valence-corrected chi connectivity index (χ2v) is 7.47. The van der Waals surface area contributed by atoms with Crippen LogP contribution in [-0.2, 0) is 4.79 Å². The summed E-state index contributed by atoms with van der Waals surface area (Å²) in [5, 5.41) is 6.31. The number of hydrogen-bond donors (Lipinski definition) is 2. The Morgan fingerprint density at radius 3 is 2.26 bits per heavy atom. The molecule has 2 N–H and O–H groups in total. The van der Waals surface area contributed by atoms with Crippen LogP contribution in [0, 0.1) is 5.41 Å². The van der Waals surface area contributed by atoms with Crippen molar-refractivity contribution in [3.63, 3.8) is 0 Å². The Balaban J connectivity index is 2.02. The van der Waals surface area contributed by atoms with E-state index in [-0.39, 0.29) is 23.9 Å². The molecule has 0 aliphatic rings. The number of rotatable bonds is 5. The van der Waals surface area contributed by atoms with Crippen molar-refractivity contribution < 1.29 is 4.79 Å². The lowest BCUT2D eigenvalue weighted by atomic mass is 9.82. The fourth-order valence-corrected chi connectivity index (χ4v) is 2.91. The van der Waals surface area contributed by atoms with Crippen LogP contribution in [-0.4, -0.2) is 12.5 Å². The molecule has 0 spiro atoms. The number of nitrogens with one attached hydrogen (secondary N) is 2. The fourth-order valence-electron chi connectivity index (χ4n) is 2.52. The normalized spacial score (nSPS) is 12.7. The molecule has 0 bridgehead atoms. The van der Waals surface area contributed by atoms with Crippen LogP contribution in [0.2, 0.25) is 0 Å². The molecule has 3 nitrogen and oxygen atoms in total. The summed E-state index contributed by atoms with van der Waals surface area (Å²) >= 11 is 3.44. The van der Waals surface area contributed by atoms with E-state index in [1.54, 1.807) is 0 Å². The van der Waals surface area contributed by atoms with Crippen LogP contribution in [0.15, 0.2) is 59.1 Å². The van der Waals surface area contributed by atoms with Crippen LogP contribution < -0.4 is 10.6 Å². The predicted octanol–water partition coefficient (Wildman–Crippen LogP) is 4.76. The van der Waals surface area contributed by atoms with E-state index in [0.717, 1.165) is 10.2 Å². The zero-order valence-electron chi connectivity index (χ0n) is 13.8. The minimum absolute atomic E-state index is 0.00889. The van der Waals surface area contributed by atoms with Crippen molar-refractivity contribution in [3.05, 3.63) is 64.6 Å². The lowest BCUT2D eigenvalue weighted by molar-refractivity contribution is -0.115. The van der Waals surface area contributed by atoms with Gasteiger partial charge in [0.15, 0.2) is 0 Å². The SMILES string of the molecule is CC(C)(C)C(NCC(=O)Nc1ccccc1Br)c1ccccc1. The van der Waals surface area contributed by atoms with Gasteiger partial charge >= 0.3 is 0 Å². The quantitative estimate of drug-likeness (QED) is 0.791. The minimum atomic E-state index is -0.0536. The molecular weight excluding hydrogens is 352 g/mol. The van der Waals surface area contributed by atoms with E-state index in [4.69, 9.17) is 0 Å². The van der Waals surface area contributed by atoms with Crippen molar-refractivity contribution in [2.75, 3.05) is 11.9 Å².